The van der Waals surface area contributed by atoms with E-state index in [4.69, 9.17) is 19.2 Å². The Morgan fingerprint density at radius 3 is 2.26 bits per heavy atom. The lowest BCUT2D eigenvalue weighted by molar-refractivity contribution is -0.171. The Bertz CT molecular complexity index is 1020. The van der Waals surface area contributed by atoms with Crippen molar-refractivity contribution in [1.29, 1.82) is 0 Å². The normalized spacial score (nSPS) is 16.8. The van der Waals surface area contributed by atoms with Crippen molar-refractivity contribution in [1.82, 2.24) is 9.97 Å². The monoisotopic (exact) mass is 483 g/mol. The van der Waals surface area contributed by atoms with Gasteiger partial charge in [0.15, 0.2) is 6.10 Å². The molecule has 2 aromatic rings. The molecular weight excluding hydrogens is 442 g/mol. The largest absolute Gasteiger partial charge is 0.495 e. The quantitative estimate of drug-likeness (QED) is 0.454. The lowest BCUT2D eigenvalue weighted by Gasteiger charge is -2.41. The van der Waals surface area contributed by atoms with Crippen molar-refractivity contribution in [2.75, 3.05) is 25.1 Å². The van der Waals surface area contributed by atoms with Crippen LogP contribution >= 0.6 is 0 Å². The van der Waals surface area contributed by atoms with Gasteiger partial charge in [0.2, 0.25) is 0 Å². The molecule has 3 rings (SSSR count). The summed E-state index contributed by atoms with van der Waals surface area (Å²) in [4.78, 5) is 25.1. The van der Waals surface area contributed by atoms with E-state index in [1.165, 1.54) is 0 Å². The Hall–Kier alpha value is -2.67. The Labute approximate surface area is 210 Å². The first-order valence-corrected chi connectivity index (χ1v) is 12.4. The van der Waals surface area contributed by atoms with E-state index in [1.807, 2.05) is 59.9 Å². The molecule has 3 heterocycles. The molecule has 0 amide bonds. The van der Waals surface area contributed by atoms with Gasteiger partial charge in [-0.25, -0.2) is 4.79 Å². The SMILES string of the molecule is COc1ccc(-c2cnc(C)c([C@H](OC(C)(C)C)C(=O)OC(C)C)c2N2CCC(C)(C)CC2)nc1. The molecule has 35 heavy (non-hydrogen) atoms. The number of carbonyl (C=O) groups excluding carboxylic acids is 1. The molecule has 0 aromatic carbocycles. The topological polar surface area (TPSA) is 73.8 Å². The van der Waals surface area contributed by atoms with Crippen LogP contribution in [0.15, 0.2) is 24.5 Å². The maximum Gasteiger partial charge on any atom is 0.340 e. The molecular formula is C28H41N3O4. The number of anilines is 1. The van der Waals surface area contributed by atoms with Crippen molar-refractivity contribution in [3.05, 3.63) is 35.8 Å². The molecule has 7 heteroatoms. The number of hydrogen-bond donors (Lipinski definition) is 0. The van der Waals surface area contributed by atoms with Crippen molar-refractivity contribution < 1.29 is 19.0 Å². The Balaban J connectivity index is 2.23. The smallest absolute Gasteiger partial charge is 0.340 e. The van der Waals surface area contributed by atoms with Crippen molar-refractivity contribution in [2.24, 2.45) is 5.41 Å². The van der Waals surface area contributed by atoms with Crippen LogP contribution in [-0.4, -0.2) is 47.8 Å². The zero-order chi connectivity index (χ0) is 26.0. The number of carbonyl (C=O) groups is 1. The molecule has 0 saturated carbocycles. The van der Waals surface area contributed by atoms with Gasteiger partial charge in [0.25, 0.3) is 0 Å². The number of esters is 1. The lowest BCUT2D eigenvalue weighted by Crippen LogP contribution is -2.39. The number of aromatic nitrogens is 2. The van der Waals surface area contributed by atoms with Gasteiger partial charge in [-0.05, 0) is 71.9 Å². The highest BCUT2D eigenvalue weighted by Crippen LogP contribution is 2.43. The van der Waals surface area contributed by atoms with Gasteiger partial charge in [-0.15, -0.1) is 0 Å². The molecule has 1 aliphatic rings. The Kier molecular flexibility index (Phi) is 8.10. The van der Waals surface area contributed by atoms with E-state index in [-0.39, 0.29) is 11.5 Å². The maximum atomic E-state index is 13.4. The first-order chi connectivity index (χ1) is 16.3. The van der Waals surface area contributed by atoms with Crippen molar-refractivity contribution in [3.63, 3.8) is 0 Å². The molecule has 0 aliphatic carbocycles. The van der Waals surface area contributed by atoms with Gasteiger partial charge >= 0.3 is 5.97 Å². The summed E-state index contributed by atoms with van der Waals surface area (Å²) in [6.45, 7) is 17.8. The third kappa shape index (κ3) is 6.72. The number of methoxy groups -OCH3 is 1. The molecule has 0 unspecified atom stereocenters. The van der Waals surface area contributed by atoms with Crippen LogP contribution in [0.2, 0.25) is 0 Å². The molecule has 1 saturated heterocycles. The predicted molar refractivity (Wildman–Crippen MR) is 139 cm³/mol. The van der Waals surface area contributed by atoms with Gasteiger partial charge in [-0.3, -0.25) is 9.97 Å². The van der Waals surface area contributed by atoms with Crippen molar-refractivity contribution in [2.45, 2.75) is 86.0 Å². The average molecular weight is 484 g/mol. The van der Waals surface area contributed by atoms with Gasteiger partial charge in [0.05, 0.1) is 36.4 Å². The zero-order valence-corrected chi connectivity index (χ0v) is 22.8. The second-order valence-electron chi connectivity index (χ2n) is 11.3. The lowest BCUT2D eigenvalue weighted by atomic mass is 9.82. The van der Waals surface area contributed by atoms with Gasteiger partial charge in [0, 0.05) is 36.1 Å². The van der Waals surface area contributed by atoms with E-state index in [9.17, 15) is 4.79 Å². The Morgan fingerprint density at radius 2 is 1.74 bits per heavy atom. The van der Waals surface area contributed by atoms with E-state index in [1.54, 1.807) is 13.3 Å². The van der Waals surface area contributed by atoms with Crippen molar-refractivity contribution >= 4 is 11.7 Å². The van der Waals surface area contributed by atoms with E-state index >= 15 is 0 Å². The third-order valence-corrected chi connectivity index (χ3v) is 6.27. The standard InChI is InChI=1S/C28H41N3O4/c1-18(2)34-26(32)25(35-27(4,5)6)23-19(3)29-17-21(22-11-10-20(33-9)16-30-22)24(23)31-14-12-28(7,8)13-15-31/h10-11,16-18,25H,12-15H2,1-9H3/t25-/m0/s1. The fourth-order valence-electron chi connectivity index (χ4n) is 4.32. The first-order valence-electron chi connectivity index (χ1n) is 12.4. The molecule has 0 bridgehead atoms. The van der Waals surface area contributed by atoms with Crippen LogP contribution in [0.1, 0.15) is 78.7 Å². The van der Waals surface area contributed by atoms with Crippen LogP contribution < -0.4 is 9.64 Å². The second-order valence-corrected chi connectivity index (χ2v) is 11.3. The number of nitrogens with zero attached hydrogens (tertiary/aromatic N) is 3. The van der Waals surface area contributed by atoms with E-state index in [0.29, 0.717) is 5.75 Å². The maximum absolute atomic E-state index is 13.4. The summed E-state index contributed by atoms with van der Waals surface area (Å²) >= 11 is 0. The molecule has 7 nitrogen and oxygen atoms in total. The summed E-state index contributed by atoms with van der Waals surface area (Å²) < 4.78 is 17.4. The molecule has 2 aromatic heterocycles. The average Bonchev–Trinajstić information content (AvgIpc) is 2.76. The minimum atomic E-state index is -0.909. The molecule has 1 aliphatic heterocycles. The molecule has 0 radical (unpaired) electrons. The molecule has 1 fully saturated rings. The van der Waals surface area contributed by atoms with E-state index < -0.39 is 17.7 Å². The van der Waals surface area contributed by atoms with Crippen LogP contribution in [0.25, 0.3) is 11.3 Å². The van der Waals surface area contributed by atoms with Gasteiger partial charge in [-0.1, -0.05) is 13.8 Å². The highest BCUT2D eigenvalue weighted by Gasteiger charge is 2.37. The molecule has 0 N–H and O–H groups in total. The number of hydrogen-bond acceptors (Lipinski definition) is 7. The van der Waals surface area contributed by atoms with Crippen LogP contribution in [-0.2, 0) is 14.3 Å². The minimum absolute atomic E-state index is 0.257. The highest BCUT2D eigenvalue weighted by atomic mass is 16.6. The number of piperidine rings is 1. The van der Waals surface area contributed by atoms with Gasteiger partial charge < -0.3 is 19.1 Å². The number of aryl methyl sites for hydroxylation is 1. The third-order valence-electron chi connectivity index (χ3n) is 6.27. The van der Waals surface area contributed by atoms with Crippen LogP contribution in [0.3, 0.4) is 0 Å². The number of rotatable bonds is 7. The Morgan fingerprint density at radius 1 is 1.09 bits per heavy atom. The summed E-state index contributed by atoms with van der Waals surface area (Å²) in [6, 6.07) is 3.82. The zero-order valence-electron chi connectivity index (χ0n) is 22.8. The van der Waals surface area contributed by atoms with Crippen LogP contribution in [0, 0.1) is 12.3 Å². The summed E-state index contributed by atoms with van der Waals surface area (Å²) in [5.41, 5.74) is 3.79. The number of ether oxygens (including phenoxy) is 3. The summed E-state index contributed by atoms with van der Waals surface area (Å²) in [6.07, 6.45) is 4.48. The van der Waals surface area contributed by atoms with Gasteiger partial charge in [-0.2, -0.15) is 0 Å². The van der Waals surface area contributed by atoms with Crippen molar-refractivity contribution in [3.8, 4) is 17.0 Å². The fraction of sp³-hybridized carbons (Fsp3) is 0.607. The van der Waals surface area contributed by atoms with Crippen LogP contribution in [0.5, 0.6) is 5.75 Å². The second kappa shape index (κ2) is 10.5. The van der Waals surface area contributed by atoms with E-state index in [0.717, 1.165) is 54.1 Å². The fourth-order valence-corrected chi connectivity index (χ4v) is 4.32. The summed E-state index contributed by atoms with van der Waals surface area (Å²) in [5.74, 6) is 0.281. The highest BCUT2D eigenvalue weighted by molar-refractivity contribution is 5.86. The van der Waals surface area contributed by atoms with Gasteiger partial charge in [0.1, 0.15) is 5.75 Å². The summed E-state index contributed by atoms with van der Waals surface area (Å²) in [5, 5.41) is 0. The molecule has 0 spiro atoms. The first kappa shape index (κ1) is 26.9. The predicted octanol–water partition coefficient (Wildman–Crippen LogP) is 5.89. The van der Waals surface area contributed by atoms with Crippen LogP contribution in [0.4, 0.5) is 5.69 Å². The molecule has 1 atom stereocenters. The van der Waals surface area contributed by atoms with E-state index in [2.05, 4.69) is 23.7 Å². The number of pyridine rings is 2. The molecule has 192 valence electrons. The summed E-state index contributed by atoms with van der Waals surface area (Å²) in [7, 11) is 1.62. The minimum Gasteiger partial charge on any atom is -0.495 e.